The van der Waals surface area contributed by atoms with E-state index in [4.69, 9.17) is 0 Å². The molecule has 0 aromatic heterocycles. The van der Waals surface area contributed by atoms with Gasteiger partial charge in [-0.15, -0.1) is 0 Å². The summed E-state index contributed by atoms with van der Waals surface area (Å²) in [5, 5.41) is 0. The van der Waals surface area contributed by atoms with Crippen LogP contribution < -0.4 is 0 Å². The highest BCUT2D eigenvalue weighted by molar-refractivity contribution is 5.79. The second-order valence-electron chi connectivity index (χ2n) is 6.87. The Bertz CT molecular complexity index is 500. The third kappa shape index (κ3) is 3.89. The van der Waals surface area contributed by atoms with E-state index in [-0.39, 0.29) is 5.91 Å². The Balaban J connectivity index is 1.49. The van der Waals surface area contributed by atoms with Crippen LogP contribution in [0.5, 0.6) is 0 Å². The van der Waals surface area contributed by atoms with Crippen molar-refractivity contribution < 1.29 is 4.79 Å². The SMILES string of the molecule is Cc1cccc(CC(=O)N2CCN(C3CCCCC3)CC2)c1. The monoisotopic (exact) mass is 300 g/mol. The Morgan fingerprint density at radius 2 is 1.82 bits per heavy atom. The van der Waals surface area contributed by atoms with Crippen LogP contribution in [0.3, 0.4) is 0 Å². The van der Waals surface area contributed by atoms with Crippen molar-refractivity contribution in [3.05, 3.63) is 35.4 Å². The van der Waals surface area contributed by atoms with Crippen molar-refractivity contribution in [1.29, 1.82) is 0 Å². The van der Waals surface area contributed by atoms with Crippen molar-refractivity contribution in [2.45, 2.75) is 51.5 Å². The van der Waals surface area contributed by atoms with Gasteiger partial charge in [0.2, 0.25) is 5.91 Å². The molecule has 1 aliphatic heterocycles. The quantitative estimate of drug-likeness (QED) is 0.856. The summed E-state index contributed by atoms with van der Waals surface area (Å²) in [6, 6.07) is 9.08. The van der Waals surface area contributed by atoms with E-state index in [2.05, 4.69) is 34.9 Å². The van der Waals surface area contributed by atoms with E-state index in [0.29, 0.717) is 6.42 Å². The van der Waals surface area contributed by atoms with Gasteiger partial charge in [-0.05, 0) is 25.3 Å². The highest BCUT2D eigenvalue weighted by Crippen LogP contribution is 2.23. The van der Waals surface area contributed by atoms with Gasteiger partial charge >= 0.3 is 0 Å². The molecule has 1 aromatic rings. The summed E-state index contributed by atoms with van der Waals surface area (Å²) in [5.41, 5.74) is 2.37. The summed E-state index contributed by atoms with van der Waals surface area (Å²) in [4.78, 5) is 17.1. The first-order valence-corrected chi connectivity index (χ1v) is 8.80. The van der Waals surface area contributed by atoms with E-state index >= 15 is 0 Å². The molecule has 1 amide bonds. The van der Waals surface area contributed by atoms with Gasteiger partial charge in [-0.1, -0.05) is 49.1 Å². The molecule has 2 fully saturated rings. The van der Waals surface area contributed by atoms with Crippen LogP contribution in [-0.2, 0) is 11.2 Å². The third-order valence-electron chi connectivity index (χ3n) is 5.20. The van der Waals surface area contributed by atoms with E-state index < -0.39 is 0 Å². The van der Waals surface area contributed by atoms with Gasteiger partial charge in [0, 0.05) is 32.2 Å². The molecule has 1 saturated carbocycles. The molecule has 1 aromatic carbocycles. The molecule has 0 radical (unpaired) electrons. The normalized spacial score (nSPS) is 21.0. The molecule has 0 spiro atoms. The Hall–Kier alpha value is -1.35. The van der Waals surface area contributed by atoms with E-state index in [1.165, 1.54) is 37.7 Å². The number of benzene rings is 1. The van der Waals surface area contributed by atoms with Crippen LogP contribution >= 0.6 is 0 Å². The summed E-state index contributed by atoms with van der Waals surface area (Å²) < 4.78 is 0. The zero-order chi connectivity index (χ0) is 15.4. The van der Waals surface area contributed by atoms with E-state index in [1.54, 1.807) is 0 Å². The predicted octanol–water partition coefficient (Wildman–Crippen LogP) is 3.01. The maximum atomic E-state index is 12.5. The molecule has 3 nitrogen and oxygen atoms in total. The standard InChI is InChI=1S/C19H28N2O/c1-16-6-5-7-17(14-16)15-19(22)21-12-10-20(11-13-21)18-8-3-2-4-9-18/h5-7,14,18H,2-4,8-13,15H2,1H3. The first-order valence-electron chi connectivity index (χ1n) is 8.80. The fraction of sp³-hybridized carbons (Fsp3) is 0.632. The minimum Gasteiger partial charge on any atom is -0.340 e. The van der Waals surface area contributed by atoms with Crippen LogP contribution in [0.15, 0.2) is 24.3 Å². The van der Waals surface area contributed by atoms with Crippen LogP contribution in [0.4, 0.5) is 0 Å². The second-order valence-corrected chi connectivity index (χ2v) is 6.87. The van der Waals surface area contributed by atoms with Gasteiger partial charge in [0.05, 0.1) is 6.42 Å². The zero-order valence-electron chi connectivity index (χ0n) is 13.8. The summed E-state index contributed by atoms with van der Waals surface area (Å²) in [6.45, 7) is 6.01. The molecule has 3 rings (SSSR count). The smallest absolute Gasteiger partial charge is 0.227 e. The molecule has 2 aliphatic rings. The molecule has 0 unspecified atom stereocenters. The lowest BCUT2D eigenvalue weighted by Crippen LogP contribution is -2.52. The molecule has 0 N–H and O–H groups in total. The zero-order valence-corrected chi connectivity index (χ0v) is 13.8. The average molecular weight is 300 g/mol. The van der Waals surface area contributed by atoms with Gasteiger partial charge < -0.3 is 4.90 Å². The lowest BCUT2D eigenvalue weighted by Gasteiger charge is -2.40. The Labute approximate surface area is 134 Å². The maximum Gasteiger partial charge on any atom is 0.227 e. The minimum absolute atomic E-state index is 0.286. The number of hydrogen-bond acceptors (Lipinski definition) is 2. The summed E-state index contributed by atoms with van der Waals surface area (Å²) in [7, 11) is 0. The highest BCUT2D eigenvalue weighted by Gasteiger charge is 2.26. The van der Waals surface area contributed by atoms with Crippen LogP contribution in [0, 0.1) is 6.92 Å². The first kappa shape index (κ1) is 15.5. The molecular weight excluding hydrogens is 272 g/mol. The molecule has 1 aliphatic carbocycles. The van der Waals surface area contributed by atoms with Crippen molar-refractivity contribution >= 4 is 5.91 Å². The lowest BCUT2D eigenvalue weighted by molar-refractivity contribution is -0.132. The van der Waals surface area contributed by atoms with Crippen molar-refractivity contribution in [1.82, 2.24) is 9.80 Å². The summed E-state index contributed by atoms with van der Waals surface area (Å²) >= 11 is 0. The molecule has 22 heavy (non-hydrogen) atoms. The fourth-order valence-corrected chi connectivity index (χ4v) is 3.89. The van der Waals surface area contributed by atoms with Gasteiger partial charge in [0.15, 0.2) is 0 Å². The number of amides is 1. The topological polar surface area (TPSA) is 23.6 Å². The van der Waals surface area contributed by atoms with E-state index in [0.717, 1.165) is 37.8 Å². The van der Waals surface area contributed by atoms with Gasteiger partial charge in [-0.3, -0.25) is 9.69 Å². The van der Waals surface area contributed by atoms with Crippen LogP contribution in [0.25, 0.3) is 0 Å². The van der Waals surface area contributed by atoms with E-state index in [9.17, 15) is 4.79 Å². The van der Waals surface area contributed by atoms with Gasteiger partial charge in [0.1, 0.15) is 0 Å². The fourth-order valence-electron chi connectivity index (χ4n) is 3.89. The summed E-state index contributed by atoms with van der Waals surface area (Å²) in [5.74, 6) is 0.286. The molecule has 0 bridgehead atoms. The molecule has 3 heteroatoms. The van der Waals surface area contributed by atoms with Crippen molar-refractivity contribution in [3.63, 3.8) is 0 Å². The van der Waals surface area contributed by atoms with Crippen molar-refractivity contribution in [2.24, 2.45) is 0 Å². The predicted molar refractivity (Wildman–Crippen MR) is 89.9 cm³/mol. The lowest BCUT2D eigenvalue weighted by atomic mass is 9.94. The number of carbonyl (C=O) groups excluding carboxylic acids is 1. The van der Waals surface area contributed by atoms with Crippen LogP contribution in [0.1, 0.15) is 43.2 Å². The van der Waals surface area contributed by atoms with Crippen molar-refractivity contribution in [2.75, 3.05) is 26.2 Å². The average Bonchev–Trinajstić information content (AvgIpc) is 2.56. The number of hydrogen-bond donors (Lipinski definition) is 0. The second kappa shape index (κ2) is 7.28. The Morgan fingerprint density at radius 1 is 1.09 bits per heavy atom. The number of nitrogens with zero attached hydrogens (tertiary/aromatic N) is 2. The van der Waals surface area contributed by atoms with Gasteiger partial charge in [-0.25, -0.2) is 0 Å². The maximum absolute atomic E-state index is 12.5. The highest BCUT2D eigenvalue weighted by atomic mass is 16.2. The molecular formula is C19H28N2O. The first-order chi connectivity index (χ1) is 10.7. The Kier molecular flexibility index (Phi) is 5.14. The number of aryl methyl sites for hydroxylation is 1. The third-order valence-corrected chi connectivity index (χ3v) is 5.20. The molecule has 1 heterocycles. The van der Waals surface area contributed by atoms with Gasteiger partial charge in [0.25, 0.3) is 0 Å². The van der Waals surface area contributed by atoms with Gasteiger partial charge in [-0.2, -0.15) is 0 Å². The number of rotatable bonds is 3. The van der Waals surface area contributed by atoms with E-state index in [1.807, 2.05) is 6.07 Å². The Morgan fingerprint density at radius 3 is 2.50 bits per heavy atom. The number of piperazine rings is 1. The van der Waals surface area contributed by atoms with Crippen molar-refractivity contribution in [3.8, 4) is 0 Å². The summed E-state index contributed by atoms with van der Waals surface area (Å²) in [6.07, 6.45) is 7.44. The minimum atomic E-state index is 0.286. The molecule has 120 valence electrons. The molecule has 1 saturated heterocycles. The molecule has 0 atom stereocenters. The largest absolute Gasteiger partial charge is 0.340 e. The number of carbonyl (C=O) groups is 1. The van der Waals surface area contributed by atoms with Crippen LogP contribution in [0.2, 0.25) is 0 Å². The van der Waals surface area contributed by atoms with Crippen LogP contribution in [-0.4, -0.2) is 47.9 Å².